The third kappa shape index (κ3) is 4.09. The second-order valence-corrected chi connectivity index (χ2v) is 5.24. The van der Waals surface area contributed by atoms with E-state index in [0.717, 1.165) is 12.1 Å². The Kier molecular flexibility index (Phi) is 5.17. The van der Waals surface area contributed by atoms with Crippen molar-refractivity contribution in [3.63, 3.8) is 0 Å². The van der Waals surface area contributed by atoms with E-state index in [2.05, 4.69) is 17.1 Å². The van der Waals surface area contributed by atoms with Gasteiger partial charge in [-0.15, -0.1) is 0 Å². The van der Waals surface area contributed by atoms with Crippen molar-refractivity contribution in [3.05, 3.63) is 35.9 Å². The minimum atomic E-state index is -0.410. The van der Waals surface area contributed by atoms with Crippen LogP contribution in [0.15, 0.2) is 30.3 Å². The van der Waals surface area contributed by atoms with Crippen LogP contribution < -0.4 is 5.32 Å². The van der Waals surface area contributed by atoms with Gasteiger partial charge in [-0.25, -0.2) is 0 Å². The van der Waals surface area contributed by atoms with E-state index in [-0.39, 0.29) is 0 Å². The van der Waals surface area contributed by atoms with Crippen molar-refractivity contribution in [1.82, 2.24) is 10.2 Å². The maximum atomic E-state index is 10.1. The SMILES string of the molecule is CC(CN1CCCC1)NCC(O)c1ccccc1. The summed E-state index contributed by atoms with van der Waals surface area (Å²) in [6, 6.07) is 10.3. The Morgan fingerprint density at radius 1 is 1.22 bits per heavy atom. The fourth-order valence-corrected chi connectivity index (χ4v) is 2.52. The Bertz CT molecular complexity index is 336. The van der Waals surface area contributed by atoms with Crippen LogP contribution in [0, 0.1) is 0 Å². The Hall–Kier alpha value is -0.900. The van der Waals surface area contributed by atoms with Gasteiger partial charge in [-0.1, -0.05) is 30.3 Å². The van der Waals surface area contributed by atoms with E-state index in [1.165, 1.54) is 25.9 Å². The van der Waals surface area contributed by atoms with Crippen LogP contribution in [-0.4, -0.2) is 42.2 Å². The van der Waals surface area contributed by atoms with Crippen LogP contribution in [0.1, 0.15) is 31.4 Å². The first-order valence-corrected chi connectivity index (χ1v) is 6.94. The molecule has 0 aromatic heterocycles. The molecule has 2 unspecified atom stereocenters. The molecule has 2 rings (SSSR count). The molecule has 0 saturated carbocycles. The van der Waals surface area contributed by atoms with Gasteiger partial charge in [0.1, 0.15) is 0 Å². The average Bonchev–Trinajstić information content (AvgIpc) is 2.90. The van der Waals surface area contributed by atoms with Gasteiger partial charge in [0.05, 0.1) is 6.10 Å². The molecule has 0 amide bonds. The Morgan fingerprint density at radius 2 is 1.89 bits per heavy atom. The molecule has 18 heavy (non-hydrogen) atoms. The van der Waals surface area contributed by atoms with Crippen LogP contribution in [0.5, 0.6) is 0 Å². The highest BCUT2D eigenvalue weighted by molar-refractivity contribution is 5.17. The van der Waals surface area contributed by atoms with Gasteiger partial charge in [0.15, 0.2) is 0 Å². The van der Waals surface area contributed by atoms with Crippen LogP contribution in [0.3, 0.4) is 0 Å². The largest absolute Gasteiger partial charge is 0.387 e. The first-order chi connectivity index (χ1) is 8.75. The van der Waals surface area contributed by atoms with Crippen LogP contribution in [0.4, 0.5) is 0 Å². The van der Waals surface area contributed by atoms with E-state index >= 15 is 0 Å². The van der Waals surface area contributed by atoms with Gasteiger partial charge in [0.25, 0.3) is 0 Å². The highest BCUT2D eigenvalue weighted by atomic mass is 16.3. The van der Waals surface area contributed by atoms with Crippen molar-refractivity contribution in [1.29, 1.82) is 0 Å². The summed E-state index contributed by atoms with van der Waals surface area (Å²) in [6.07, 6.45) is 2.26. The number of nitrogens with one attached hydrogen (secondary N) is 1. The van der Waals surface area contributed by atoms with E-state index in [1.807, 2.05) is 30.3 Å². The molecule has 1 aromatic carbocycles. The summed E-state index contributed by atoms with van der Waals surface area (Å²) < 4.78 is 0. The van der Waals surface area contributed by atoms with Gasteiger partial charge in [0, 0.05) is 19.1 Å². The van der Waals surface area contributed by atoms with Gasteiger partial charge >= 0.3 is 0 Å². The van der Waals surface area contributed by atoms with Crippen molar-refractivity contribution < 1.29 is 5.11 Å². The third-order valence-electron chi connectivity index (χ3n) is 3.57. The zero-order valence-corrected chi connectivity index (χ0v) is 11.2. The monoisotopic (exact) mass is 248 g/mol. The molecule has 1 fully saturated rings. The van der Waals surface area contributed by atoms with E-state index in [0.29, 0.717) is 12.6 Å². The Labute approximate surface area is 110 Å². The van der Waals surface area contributed by atoms with E-state index < -0.39 is 6.10 Å². The molecule has 2 atom stereocenters. The maximum absolute atomic E-state index is 10.1. The molecule has 1 saturated heterocycles. The summed E-state index contributed by atoms with van der Waals surface area (Å²) in [7, 11) is 0. The molecule has 3 heteroatoms. The maximum Gasteiger partial charge on any atom is 0.0914 e. The lowest BCUT2D eigenvalue weighted by Crippen LogP contribution is -2.39. The fraction of sp³-hybridized carbons (Fsp3) is 0.600. The lowest BCUT2D eigenvalue weighted by molar-refractivity contribution is 0.166. The molecule has 0 aliphatic carbocycles. The molecular formula is C15H24N2O. The molecule has 2 N–H and O–H groups in total. The van der Waals surface area contributed by atoms with E-state index in [1.54, 1.807) is 0 Å². The number of hydrogen-bond acceptors (Lipinski definition) is 3. The van der Waals surface area contributed by atoms with Crippen LogP contribution in [0.2, 0.25) is 0 Å². The summed E-state index contributed by atoms with van der Waals surface area (Å²) in [5, 5.41) is 13.5. The summed E-state index contributed by atoms with van der Waals surface area (Å²) in [5.41, 5.74) is 0.985. The quantitative estimate of drug-likeness (QED) is 0.806. The van der Waals surface area contributed by atoms with Crippen molar-refractivity contribution in [2.45, 2.75) is 31.9 Å². The van der Waals surface area contributed by atoms with Crippen molar-refractivity contribution in [3.8, 4) is 0 Å². The van der Waals surface area contributed by atoms with Crippen molar-refractivity contribution in [2.75, 3.05) is 26.2 Å². The zero-order chi connectivity index (χ0) is 12.8. The number of likely N-dealkylation sites (tertiary alicyclic amines) is 1. The first kappa shape index (κ1) is 13.5. The minimum absolute atomic E-state index is 0.410. The van der Waals surface area contributed by atoms with Gasteiger partial charge in [-0.3, -0.25) is 0 Å². The average molecular weight is 248 g/mol. The minimum Gasteiger partial charge on any atom is -0.387 e. The van der Waals surface area contributed by atoms with Crippen LogP contribution in [-0.2, 0) is 0 Å². The fourth-order valence-electron chi connectivity index (χ4n) is 2.52. The number of benzene rings is 1. The van der Waals surface area contributed by atoms with Crippen molar-refractivity contribution in [2.24, 2.45) is 0 Å². The second kappa shape index (κ2) is 6.88. The molecule has 1 aliphatic heterocycles. The van der Waals surface area contributed by atoms with Gasteiger partial charge in [-0.2, -0.15) is 0 Å². The number of nitrogens with zero attached hydrogens (tertiary/aromatic N) is 1. The standard InChI is InChI=1S/C15H24N2O/c1-13(12-17-9-5-6-10-17)16-11-15(18)14-7-3-2-4-8-14/h2-4,7-8,13,15-16,18H,5-6,9-12H2,1H3. The number of hydrogen-bond donors (Lipinski definition) is 2. The molecular weight excluding hydrogens is 224 g/mol. The Morgan fingerprint density at radius 3 is 2.56 bits per heavy atom. The molecule has 1 aromatic rings. The van der Waals surface area contributed by atoms with Crippen molar-refractivity contribution >= 4 is 0 Å². The van der Waals surface area contributed by atoms with E-state index in [4.69, 9.17) is 0 Å². The molecule has 0 bridgehead atoms. The predicted octanol–water partition coefficient (Wildman–Crippen LogP) is 1.79. The number of rotatable bonds is 6. The predicted molar refractivity (Wildman–Crippen MR) is 74.5 cm³/mol. The lowest BCUT2D eigenvalue weighted by Gasteiger charge is -2.22. The molecule has 1 aliphatic rings. The molecule has 0 spiro atoms. The molecule has 1 heterocycles. The summed E-state index contributed by atoms with van der Waals surface area (Å²) in [6.45, 7) is 6.36. The highest BCUT2D eigenvalue weighted by Gasteiger charge is 2.15. The first-order valence-electron chi connectivity index (χ1n) is 6.94. The molecule has 0 radical (unpaired) electrons. The smallest absolute Gasteiger partial charge is 0.0914 e. The summed E-state index contributed by atoms with van der Waals surface area (Å²) in [4.78, 5) is 2.49. The number of aliphatic hydroxyl groups excluding tert-OH is 1. The highest BCUT2D eigenvalue weighted by Crippen LogP contribution is 2.11. The Balaban J connectivity index is 1.70. The second-order valence-electron chi connectivity index (χ2n) is 5.24. The van der Waals surface area contributed by atoms with Gasteiger partial charge in [-0.05, 0) is 38.4 Å². The van der Waals surface area contributed by atoms with Gasteiger partial charge in [0.2, 0.25) is 0 Å². The molecule has 100 valence electrons. The lowest BCUT2D eigenvalue weighted by atomic mass is 10.1. The summed E-state index contributed by atoms with van der Waals surface area (Å²) >= 11 is 0. The third-order valence-corrected chi connectivity index (χ3v) is 3.57. The van der Waals surface area contributed by atoms with E-state index in [9.17, 15) is 5.11 Å². The topological polar surface area (TPSA) is 35.5 Å². The molecule has 3 nitrogen and oxygen atoms in total. The zero-order valence-electron chi connectivity index (χ0n) is 11.2. The van der Waals surface area contributed by atoms with Crippen LogP contribution >= 0.6 is 0 Å². The van der Waals surface area contributed by atoms with Gasteiger partial charge < -0.3 is 15.3 Å². The number of aliphatic hydroxyl groups is 1. The van der Waals surface area contributed by atoms with Crippen LogP contribution in [0.25, 0.3) is 0 Å². The normalized spacial score (nSPS) is 19.9. The summed E-state index contributed by atoms with van der Waals surface area (Å²) in [5.74, 6) is 0.